The minimum atomic E-state index is -0.846. The number of nitrogens with zero attached hydrogens (tertiary/aromatic N) is 2. The summed E-state index contributed by atoms with van der Waals surface area (Å²) in [5.74, 6) is 1.65. The van der Waals surface area contributed by atoms with E-state index >= 15 is 0 Å². The monoisotopic (exact) mass is 614 g/mol. The van der Waals surface area contributed by atoms with Crippen molar-refractivity contribution in [3.8, 4) is 23.0 Å². The Morgan fingerprint density at radius 2 is 1.57 bits per heavy atom. The van der Waals surface area contributed by atoms with E-state index in [1.807, 2.05) is 68.4 Å². The van der Waals surface area contributed by atoms with Crippen LogP contribution in [0.25, 0.3) is 11.8 Å². The molecule has 4 aromatic rings. The molecule has 0 spiro atoms. The molecule has 0 aliphatic carbocycles. The maximum absolute atomic E-state index is 14.2. The first kappa shape index (κ1) is 30.6. The van der Waals surface area contributed by atoms with Crippen molar-refractivity contribution in [2.75, 3.05) is 34.0 Å². The van der Waals surface area contributed by atoms with Crippen LogP contribution in [0, 0.1) is 0 Å². The third-order valence-corrected chi connectivity index (χ3v) is 7.95. The van der Waals surface area contributed by atoms with E-state index in [0.29, 0.717) is 56.8 Å². The Kier molecular flexibility index (Phi) is 9.50. The van der Waals surface area contributed by atoms with Gasteiger partial charge in [-0.05, 0) is 62.2 Å². The van der Waals surface area contributed by atoms with E-state index in [1.54, 1.807) is 36.8 Å². The first-order valence-electron chi connectivity index (χ1n) is 14.3. The molecule has 2 heterocycles. The zero-order chi connectivity index (χ0) is 31.2. The van der Waals surface area contributed by atoms with Gasteiger partial charge in [0.25, 0.3) is 5.56 Å². The lowest BCUT2D eigenvalue weighted by molar-refractivity contribution is -0.138. The Bertz CT molecular complexity index is 1880. The van der Waals surface area contributed by atoms with Gasteiger partial charge in [-0.15, -0.1) is 0 Å². The highest BCUT2D eigenvalue weighted by Gasteiger charge is 2.35. The zero-order valence-electron chi connectivity index (χ0n) is 25.3. The van der Waals surface area contributed by atoms with Crippen LogP contribution in [0.5, 0.6) is 23.0 Å². The number of fused-ring (bicyclic) bond motifs is 1. The lowest BCUT2D eigenvalue weighted by Gasteiger charge is -2.26. The Morgan fingerprint density at radius 1 is 0.864 bits per heavy atom. The molecule has 1 aromatic heterocycles. The smallest absolute Gasteiger partial charge is 0.338 e. The second kappa shape index (κ2) is 13.6. The summed E-state index contributed by atoms with van der Waals surface area (Å²) < 4.78 is 30.1. The van der Waals surface area contributed by atoms with Crippen molar-refractivity contribution in [1.82, 2.24) is 4.57 Å². The first-order chi connectivity index (χ1) is 21.4. The second-order valence-corrected chi connectivity index (χ2v) is 10.6. The highest BCUT2D eigenvalue weighted by Crippen LogP contribution is 2.38. The molecule has 10 heteroatoms. The summed E-state index contributed by atoms with van der Waals surface area (Å²) in [5.41, 5.74) is 2.53. The van der Waals surface area contributed by atoms with Crippen molar-refractivity contribution >= 4 is 29.1 Å². The van der Waals surface area contributed by atoms with Gasteiger partial charge in [-0.3, -0.25) is 9.36 Å². The van der Waals surface area contributed by atoms with Crippen LogP contribution < -0.4 is 33.8 Å². The van der Waals surface area contributed by atoms with E-state index < -0.39 is 12.0 Å². The molecule has 228 valence electrons. The van der Waals surface area contributed by atoms with Crippen LogP contribution in [0.4, 0.5) is 0 Å². The molecule has 0 saturated carbocycles. The molecule has 5 rings (SSSR count). The number of esters is 1. The maximum Gasteiger partial charge on any atom is 0.338 e. The minimum absolute atomic E-state index is 0.160. The summed E-state index contributed by atoms with van der Waals surface area (Å²) in [6.45, 7) is 6.69. The van der Waals surface area contributed by atoms with E-state index in [0.717, 1.165) is 11.1 Å². The Hall–Kier alpha value is -4.83. The van der Waals surface area contributed by atoms with Crippen LogP contribution in [-0.2, 0) is 9.53 Å². The van der Waals surface area contributed by atoms with Crippen LogP contribution in [0.2, 0.25) is 0 Å². The number of carbonyl (C=O) groups is 1. The van der Waals surface area contributed by atoms with Gasteiger partial charge in [0.2, 0.25) is 0 Å². The normalized spacial score (nSPS) is 14.5. The van der Waals surface area contributed by atoms with Gasteiger partial charge in [0.05, 0.1) is 55.9 Å². The molecule has 0 amide bonds. The number of carbonyl (C=O) groups excluding carboxylic acids is 1. The first-order valence-corrected chi connectivity index (χ1v) is 15.2. The Morgan fingerprint density at radius 3 is 2.25 bits per heavy atom. The van der Waals surface area contributed by atoms with Crippen molar-refractivity contribution in [2.45, 2.75) is 26.8 Å². The van der Waals surface area contributed by atoms with Crippen LogP contribution >= 0.6 is 11.3 Å². The summed E-state index contributed by atoms with van der Waals surface area (Å²) in [5, 5.41) is 0. The summed E-state index contributed by atoms with van der Waals surface area (Å²) in [6.07, 6.45) is 1.80. The summed E-state index contributed by atoms with van der Waals surface area (Å²) >= 11 is 1.25. The molecule has 0 fully saturated rings. The quantitative estimate of drug-likeness (QED) is 0.225. The molecular formula is C34H34N2O7S. The predicted molar refractivity (Wildman–Crippen MR) is 169 cm³/mol. The fourth-order valence-electron chi connectivity index (χ4n) is 5.09. The average Bonchev–Trinajstić information content (AvgIpc) is 3.35. The van der Waals surface area contributed by atoms with Gasteiger partial charge in [0.15, 0.2) is 27.8 Å². The Balaban J connectivity index is 1.79. The molecule has 3 aromatic carbocycles. The average molecular weight is 615 g/mol. The van der Waals surface area contributed by atoms with Gasteiger partial charge in [0.1, 0.15) is 0 Å². The molecule has 0 radical (unpaired) electrons. The summed E-state index contributed by atoms with van der Waals surface area (Å²) in [4.78, 5) is 33.3. The number of aromatic nitrogens is 1. The number of ether oxygens (including phenoxy) is 5. The van der Waals surface area contributed by atoms with Crippen LogP contribution in [0.1, 0.15) is 43.5 Å². The Labute approximate surface area is 259 Å². The molecule has 9 nitrogen and oxygen atoms in total. The van der Waals surface area contributed by atoms with Crippen molar-refractivity contribution in [3.05, 3.63) is 109 Å². The molecular weight excluding hydrogens is 580 g/mol. The molecule has 1 aliphatic heterocycles. The number of hydrogen-bond acceptors (Lipinski definition) is 9. The highest BCUT2D eigenvalue weighted by molar-refractivity contribution is 7.07. The molecule has 0 bridgehead atoms. The largest absolute Gasteiger partial charge is 0.493 e. The van der Waals surface area contributed by atoms with Gasteiger partial charge >= 0.3 is 5.97 Å². The molecule has 1 atom stereocenters. The van der Waals surface area contributed by atoms with Crippen molar-refractivity contribution in [1.29, 1.82) is 0 Å². The second-order valence-electron chi connectivity index (χ2n) is 9.62. The van der Waals surface area contributed by atoms with E-state index in [-0.39, 0.29) is 17.7 Å². The van der Waals surface area contributed by atoms with Crippen molar-refractivity contribution in [2.24, 2.45) is 4.99 Å². The van der Waals surface area contributed by atoms with Gasteiger partial charge < -0.3 is 23.7 Å². The molecule has 44 heavy (non-hydrogen) atoms. The van der Waals surface area contributed by atoms with Crippen molar-refractivity contribution in [3.63, 3.8) is 0 Å². The summed E-state index contributed by atoms with van der Waals surface area (Å²) in [7, 11) is 3.09. The number of benzene rings is 3. The van der Waals surface area contributed by atoms with Gasteiger partial charge in [-0.25, -0.2) is 9.79 Å². The van der Waals surface area contributed by atoms with Crippen LogP contribution in [-0.4, -0.2) is 44.6 Å². The predicted octanol–water partition coefficient (Wildman–Crippen LogP) is 4.75. The molecule has 0 saturated heterocycles. The lowest BCUT2D eigenvalue weighted by Crippen LogP contribution is -2.40. The standard InChI is InChI=1S/C34H34N2O7S/c1-6-41-25-16-14-21(18-27(25)42-7-2)19-28-32(37)36-31(23-15-17-24(39-4)26(20-23)40-5)29(33(38)43-8-3)30(35-34(36)44-28)22-12-10-9-11-13-22/h9-20,31H,6-8H2,1-5H3/b28-19-/t31-/m0/s1. The molecule has 1 aliphatic rings. The molecule has 0 N–H and O–H groups in total. The summed E-state index contributed by atoms with van der Waals surface area (Å²) in [6, 6.07) is 19.5. The van der Waals surface area contributed by atoms with E-state index in [1.165, 1.54) is 18.4 Å². The zero-order valence-corrected chi connectivity index (χ0v) is 26.1. The fourth-order valence-corrected chi connectivity index (χ4v) is 6.09. The third-order valence-electron chi connectivity index (χ3n) is 6.96. The van der Waals surface area contributed by atoms with E-state index in [4.69, 9.17) is 28.7 Å². The van der Waals surface area contributed by atoms with Gasteiger partial charge in [-0.2, -0.15) is 0 Å². The minimum Gasteiger partial charge on any atom is -0.493 e. The fraction of sp³-hybridized carbons (Fsp3) is 0.265. The number of rotatable bonds is 11. The van der Waals surface area contributed by atoms with Gasteiger partial charge in [-0.1, -0.05) is 53.8 Å². The SMILES string of the molecule is CCOC(=O)C1=C(c2ccccc2)N=c2s/c(=C\c3ccc(OCC)c(OCC)c3)c(=O)n2[C@H]1c1ccc(OC)c(OC)c1. The number of methoxy groups -OCH3 is 2. The van der Waals surface area contributed by atoms with Crippen LogP contribution in [0.3, 0.4) is 0 Å². The highest BCUT2D eigenvalue weighted by atomic mass is 32.1. The third kappa shape index (κ3) is 5.98. The lowest BCUT2D eigenvalue weighted by atomic mass is 9.93. The van der Waals surface area contributed by atoms with Crippen molar-refractivity contribution < 1.29 is 28.5 Å². The number of hydrogen-bond donors (Lipinski definition) is 0. The van der Waals surface area contributed by atoms with Gasteiger partial charge in [0, 0.05) is 5.56 Å². The van der Waals surface area contributed by atoms with E-state index in [9.17, 15) is 9.59 Å². The van der Waals surface area contributed by atoms with Crippen LogP contribution in [0.15, 0.2) is 82.1 Å². The topological polar surface area (TPSA) is 97.6 Å². The number of thiazole rings is 1. The molecule has 0 unspecified atom stereocenters. The maximum atomic E-state index is 14.2. The van der Waals surface area contributed by atoms with E-state index in [2.05, 4.69) is 0 Å².